The van der Waals surface area contributed by atoms with E-state index >= 15 is 0 Å². The summed E-state index contributed by atoms with van der Waals surface area (Å²) in [5.74, 6) is 0.108. The quantitative estimate of drug-likeness (QED) is 0.493. The Hall–Kier alpha value is -1.43. The fraction of sp³-hybridized carbons (Fsp3) is 0.545. The van der Waals surface area contributed by atoms with Crippen LogP contribution in [0.5, 0.6) is 0 Å². The Bertz CT molecular complexity index is 479. The lowest BCUT2D eigenvalue weighted by molar-refractivity contribution is -0.117. The molecule has 5 nitrogen and oxygen atoms in total. The molecule has 1 saturated carbocycles. The lowest BCUT2D eigenvalue weighted by atomic mass is 10.1. The number of amides is 1. The van der Waals surface area contributed by atoms with Gasteiger partial charge >= 0.3 is 0 Å². The zero-order valence-electron chi connectivity index (χ0n) is 10.0. The maximum atomic E-state index is 11.8. The standard InChI is InChI=1S/C11H15N3O2S/c1-6(14-16)8-5-17-10(12-8)13-9(15)7-4-11(7,2)3/h5,7,16H,4H2,1-3H3,(H,12,13,15). The number of anilines is 1. The Morgan fingerprint density at radius 2 is 2.35 bits per heavy atom. The van der Waals surface area contributed by atoms with E-state index in [0.717, 1.165) is 6.42 Å². The predicted octanol–water partition coefficient (Wildman–Crippen LogP) is 2.33. The van der Waals surface area contributed by atoms with Crippen molar-refractivity contribution < 1.29 is 10.0 Å². The highest BCUT2D eigenvalue weighted by Crippen LogP contribution is 2.52. The minimum atomic E-state index is 0.0227. The van der Waals surface area contributed by atoms with Crippen molar-refractivity contribution >= 4 is 28.1 Å². The van der Waals surface area contributed by atoms with Crippen molar-refractivity contribution in [1.82, 2.24) is 4.98 Å². The van der Waals surface area contributed by atoms with Gasteiger partial charge in [0.25, 0.3) is 0 Å². The fourth-order valence-corrected chi connectivity index (χ4v) is 2.41. The van der Waals surface area contributed by atoms with E-state index < -0.39 is 0 Å². The zero-order valence-corrected chi connectivity index (χ0v) is 10.8. The van der Waals surface area contributed by atoms with Crippen molar-refractivity contribution in [3.8, 4) is 0 Å². The first-order valence-corrected chi connectivity index (χ1v) is 6.27. The van der Waals surface area contributed by atoms with Crippen LogP contribution in [0.2, 0.25) is 0 Å². The molecule has 0 bridgehead atoms. The normalized spacial score (nSPS) is 22.3. The third-order valence-electron chi connectivity index (χ3n) is 3.08. The minimum Gasteiger partial charge on any atom is -0.411 e. The molecule has 1 unspecified atom stereocenters. The number of nitrogens with zero attached hydrogens (tertiary/aromatic N) is 2. The molecule has 92 valence electrons. The van der Waals surface area contributed by atoms with Crippen LogP contribution in [-0.4, -0.2) is 21.8 Å². The first kappa shape index (κ1) is 12.0. The monoisotopic (exact) mass is 253 g/mol. The molecule has 17 heavy (non-hydrogen) atoms. The summed E-state index contributed by atoms with van der Waals surface area (Å²) in [6.45, 7) is 5.81. The number of nitrogens with one attached hydrogen (secondary N) is 1. The minimum absolute atomic E-state index is 0.0227. The van der Waals surface area contributed by atoms with E-state index in [-0.39, 0.29) is 17.2 Å². The summed E-state index contributed by atoms with van der Waals surface area (Å²) in [6.07, 6.45) is 0.925. The van der Waals surface area contributed by atoms with Gasteiger partial charge in [0.05, 0.1) is 0 Å². The summed E-state index contributed by atoms with van der Waals surface area (Å²) in [5.41, 5.74) is 1.14. The van der Waals surface area contributed by atoms with Gasteiger partial charge in [0.2, 0.25) is 5.91 Å². The first-order valence-electron chi connectivity index (χ1n) is 5.39. The van der Waals surface area contributed by atoms with Crippen LogP contribution in [0.25, 0.3) is 0 Å². The zero-order chi connectivity index (χ0) is 12.6. The van der Waals surface area contributed by atoms with Crippen LogP contribution in [0.4, 0.5) is 5.13 Å². The Balaban J connectivity index is 2.00. The molecule has 1 amide bonds. The third-order valence-corrected chi connectivity index (χ3v) is 3.84. The summed E-state index contributed by atoms with van der Waals surface area (Å²) >= 11 is 1.33. The number of oxime groups is 1. The van der Waals surface area contributed by atoms with Gasteiger partial charge in [0.1, 0.15) is 11.4 Å². The Kier molecular flexibility index (Phi) is 2.91. The largest absolute Gasteiger partial charge is 0.411 e. The number of thiazole rings is 1. The molecule has 1 aromatic heterocycles. The van der Waals surface area contributed by atoms with E-state index in [1.165, 1.54) is 11.3 Å². The van der Waals surface area contributed by atoms with Crippen molar-refractivity contribution in [3.05, 3.63) is 11.1 Å². The second-order valence-electron chi connectivity index (χ2n) is 4.96. The molecule has 1 aliphatic rings. The van der Waals surface area contributed by atoms with Gasteiger partial charge in [0.15, 0.2) is 5.13 Å². The number of hydrogen-bond donors (Lipinski definition) is 2. The molecule has 0 radical (unpaired) electrons. The van der Waals surface area contributed by atoms with Crippen molar-refractivity contribution in [2.75, 3.05) is 5.32 Å². The summed E-state index contributed by atoms with van der Waals surface area (Å²) < 4.78 is 0. The van der Waals surface area contributed by atoms with Gasteiger partial charge in [-0.15, -0.1) is 11.3 Å². The van der Waals surface area contributed by atoms with Gasteiger partial charge in [-0.1, -0.05) is 19.0 Å². The Labute approximate surface area is 104 Å². The van der Waals surface area contributed by atoms with Crippen molar-refractivity contribution in [3.63, 3.8) is 0 Å². The van der Waals surface area contributed by atoms with Crippen molar-refractivity contribution in [2.24, 2.45) is 16.5 Å². The first-order chi connectivity index (χ1) is 7.94. The molecular weight excluding hydrogens is 238 g/mol. The van der Waals surface area contributed by atoms with E-state index in [0.29, 0.717) is 16.5 Å². The number of carbonyl (C=O) groups is 1. The summed E-state index contributed by atoms with van der Waals surface area (Å²) in [5, 5.41) is 16.8. The Morgan fingerprint density at radius 1 is 1.71 bits per heavy atom. The number of hydrogen-bond acceptors (Lipinski definition) is 5. The molecule has 1 heterocycles. The van der Waals surface area contributed by atoms with Crippen LogP contribution >= 0.6 is 11.3 Å². The predicted molar refractivity (Wildman–Crippen MR) is 66.6 cm³/mol. The summed E-state index contributed by atoms with van der Waals surface area (Å²) in [7, 11) is 0. The molecular formula is C11H15N3O2S. The molecule has 0 aromatic carbocycles. The van der Waals surface area contributed by atoms with Crippen LogP contribution < -0.4 is 5.32 Å². The molecule has 6 heteroatoms. The second-order valence-corrected chi connectivity index (χ2v) is 5.82. The smallest absolute Gasteiger partial charge is 0.229 e. The molecule has 0 spiro atoms. The van der Waals surface area contributed by atoms with E-state index in [9.17, 15) is 4.79 Å². The van der Waals surface area contributed by atoms with Gasteiger partial charge in [-0.25, -0.2) is 4.98 Å². The van der Waals surface area contributed by atoms with E-state index in [2.05, 4.69) is 29.3 Å². The van der Waals surface area contributed by atoms with E-state index in [1.807, 2.05) is 0 Å². The van der Waals surface area contributed by atoms with Crippen LogP contribution in [0, 0.1) is 11.3 Å². The topological polar surface area (TPSA) is 74.6 Å². The number of carbonyl (C=O) groups excluding carboxylic acids is 1. The Morgan fingerprint density at radius 3 is 2.88 bits per heavy atom. The molecule has 2 N–H and O–H groups in total. The maximum Gasteiger partial charge on any atom is 0.229 e. The molecule has 2 rings (SSSR count). The molecule has 1 atom stereocenters. The highest BCUT2D eigenvalue weighted by atomic mass is 32.1. The van der Waals surface area contributed by atoms with Crippen LogP contribution in [0.1, 0.15) is 32.9 Å². The molecule has 0 saturated heterocycles. The lowest BCUT2D eigenvalue weighted by Crippen LogP contribution is -2.16. The summed E-state index contributed by atoms with van der Waals surface area (Å²) in [4.78, 5) is 16.0. The lowest BCUT2D eigenvalue weighted by Gasteiger charge is -2.02. The molecule has 0 aliphatic heterocycles. The third kappa shape index (κ3) is 2.46. The van der Waals surface area contributed by atoms with Crippen LogP contribution in [0.15, 0.2) is 10.5 Å². The van der Waals surface area contributed by atoms with Gasteiger partial charge < -0.3 is 10.5 Å². The van der Waals surface area contributed by atoms with Crippen molar-refractivity contribution in [1.29, 1.82) is 0 Å². The van der Waals surface area contributed by atoms with Gasteiger partial charge in [0, 0.05) is 11.3 Å². The van der Waals surface area contributed by atoms with Gasteiger partial charge in [-0.3, -0.25) is 4.79 Å². The van der Waals surface area contributed by atoms with Crippen LogP contribution in [0.3, 0.4) is 0 Å². The number of aromatic nitrogens is 1. The highest BCUT2D eigenvalue weighted by molar-refractivity contribution is 7.14. The molecule has 1 aromatic rings. The maximum absolute atomic E-state index is 11.8. The van der Waals surface area contributed by atoms with Crippen LogP contribution in [-0.2, 0) is 4.79 Å². The van der Waals surface area contributed by atoms with E-state index in [4.69, 9.17) is 5.21 Å². The van der Waals surface area contributed by atoms with Gasteiger partial charge in [-0.05, 0) is 18.8 Å². The van der Waals surface area contributed by atoms with Crippen molar-refractivity contribution in [2.45, 2.75) is 27.2 Å². The number of rotatable bonds is 3. The van der Waals surface area contributed by atoms with E-state index in [1.54, 1.807) is 12.3 Å². The second kappa shape index (κ2) is 4.10. The average molecular weight is 253 g/mol. The fourth-order valence-electron chi connectivity index (χ4n) is 1.66. The summed E-state index contributed by atoms with van der Waals surface area (Å²) in [6, 6.07) is 0. The molecule has 1 aliphatic carbocycles. The highest BCUT2D eigenvalue weighted by Gasteiger charge is 2.50. The molecule has 1 fully saturated rings. The SMILES string of the molecule is CC(=NO)c1csc(NC(=O)C2CC2(C)C)n1. The van der Waals surface area contributed by atoms with Gasteiger partial charge in [-0.2, -0.15) is 0 Å². The average Bonchev–Trinajstić information content (AvgIpc) is 2.72.